The Morgan fingerprint density at radius 1 is 1.13 bits per heavy atom. The number of rotatable bonds is 5. The first-order valence-electron chi connectivity index (χ1n) is 8.90. The van der Waals surface area contributed by atoms with Gasteiger partial charge in [-0.2, -0.15) is 11.8 Å². The third-order valence-electron chi connectivity index (χ3n) is 5.44. The molecule has 0 bridgehead atoms. The van der Waals surface area contributed by atoms with E-state index < -0.39 is 0 Å². The smallest absolute Gasteiger partial charge is 0.161 e. The largest absolute Gasteiger partial charge is 0.493 e. The summed E-state index contributed by atoms with van der Waals surface area (Å²) in [6, 6.07) is 6.49. The standard InChI is InChI=1S/C19H29NO2S/c1-21-18-13-15(19(14-20)9-3-2-4-10-19)5-6-17(18)22-16-7-11-23-12-8-16/h5-6,13,16H,2-4,7-12,14,20H2,1H3. The molecular weight excluding hydrogens is 306 g/mol. The minimum atomic E-state index is 0.130. The van der Waals surface area contributed by atoms with Crippen LogP contribution in [0, 0.1) is 0 Å². The molecule has 1 aromatic rings. The van der Waals surface area contributed by atoms with Crippen molar-refractivity contribution in [2.75, 3.05) is 25.2 Å². The van der Waals surface area contributed by atoms with Crippen LogP contribution >= 0.6 is 11.8 Å². The number of nitrogens with two attached hydrogens (primary N) is 1. The van der Waals surface area contributed by atoms with E-state index >= 15 is 0 Å². The molecule has 1 aliphatic heterocycles. The highest BCUT2D eigenvalue weighted by Crippen LogP contribution is 2.42. The Labute approximate surface area is 144 Å². The molecule has 1 aliphatic carbocycles. The molecule has 0 unspecified atom stereocenters. The SMILES string of the molecule is COc1cc(C2(CN)CCCCC2)ccc1OC1CCSCC1. The van der Waals surface area contributed by atoms with Gasteiger partial charge >= 0.3 is 0 Å². The van der Waals surface area contributed by atoms with Gasteiger partial charge in [0.25, 0.3) is 0 Å². The minimum Gasteiger partial charge on any atom is -0.493 e. The van der Waals surface area contributed by atoms with Gasteiger partial charge in [0.05, 0.1) is 7.11 Å². The maximum absolute atomic E-state index is 6.22. The van der Waals surface area contributed by atoms with Gasteiger partial charge in [0.15, 0.2) is 11.5 Å². The van der Waals surface area contributed by atoms with Crippen molar-refractivity contribution in [1.82, 2.24) is 0 Å². The van der Waals surface area contributed by atoms with Crippen LogP contribution in [0.3, 0.4) is 0 Å². The molecule has 2 fully saturated rings. The second-order valence-corrected chi connectivity index (χ2v) is 8.07. The van der Waals surface area contributed by atoms with E-state index in [1.807, 2.05) is 11.8 Å². The van der Waals surface area contributed by atoms with Crippen LogP contribution in [0.4, 0.5) is 0 Å². The van der Waals surface area contributed by atoms with Crippen LogP contribution < -0.4 is 15.2 Å². The van der Waals surface area contributed by atoms with Crippen molar-refractivity contribution in [1.29, 1.82) is 0 Å². The third-order valence-corrected chi connectivity index (χ3v) is 6.49. The van der Waals surface area contributed by atoms with Crippen molar-refractivity contribution >= 4 is 11.8 Å². The molecule has 23 heavy (non-hydrogen) atoms. The normalized spacial score (nSPS) is 21.8. The number of thioether (sulfide) groups is 1. The summed E-state index contributed by atoms with van der Waals surface area (Å²) in [5.74, 6) is 4.14. The van der Waals surface area contributed by atoms with Gasteiger partial charge in [0.2, 0.25) is 0 Å². The van der Waals surface area contributed by atoms with Crippen molar-refractivity contribution in [3.8, 4) is 11.5 Å². The van der Waals surface area contributed by atoms with E-state index in [0.717, 1.165) is 30.9 Å². The molecule has 1 saturated carbocycles. The predicted molar refractivity (Wildman–Crippen MR) is 97.8 cm³/mol. The summed E-state index contributed by atoms with van der Waals surface area (Å²) in [4.78, 5) is 0. The molecule has 0 atom stereocenters. The van der Waals surface area contributed by atoms with Crippen molar-refractivity contribution in [3.05, 3.63) is 23.8 Å². The molecule has 1 aromatic carbocycles. The molecule has 2 aliphatic rings. The first-order chi connectivity index (χ1) is 11.3. The van der Waals surface area contributed by atoms with Crippen molar-refractivity contribution in [2.24, 2.45) is 5.73 Å². The van der Waals surface area contributed by atoms with Crippen LogP contribution in [0.2, 0.25) is 0 Å². The Morgan fingerprint density at radius 3 is 2.52 bits per heavy atom. The highest BCUT2D eigenvalue weighted by Gasteiger charge is 2.33. The fourth-order valence-electron chi connectivity index (χ4n) is 3.91. The first kappa shape index (κ1) is 17.0. The fourth-order valence-corrected chi connectivity index (χ4v) is 4.97. The number of benzene rings is 1. The van der Waals surface area contributed by atoms with Crippen LogP contribution in [0.15, 0.2) is 18.2 Å². The zero-order valence-electron chi connectivity index (χ0n) is 14.2. The summed E-state index contributed by atoms with van der Waals surface area (Å²) in [7, 11) is 1.73. The van der Waals surface area contributed by atoms with E-state index in [0.29, 0.717) is 6.10 Å². The Bertz CT molecular complexity index is 508. The van der Waals surface area contributed by atoms with Gasteiger partial charge in [-0.25, -0.2) is 0 Å². The maximum atomic E-state index is 6.22. The quantitative estimate of drug-likeness (QED) is 0.879. The lowest BCUT2D eigenvalue weighted by molar-refractivity contribution is 0.184. The summed E-state index contributed by atoms with van der Waals surface area (Å²) < 4.78 is 11.9. The second-order valence-electron chi connectivity index (χ2n) is 6.84. The van der Waals surface area contributed by atoms with Crippen LogP contribution in [0.1, 0.15) is 50.5 Å². The van der Waals surface area contributed by atoms with E-state index in [-0.39, 0.29) is 5.41 Å². The van der Waals surface area contributed by atoms with Gasteiger partial charge in [0, 0.05) is 12.0 Å². The van der Waals surface area contributed by atoms with Gasteiger partial charge in [-0.3, -0.25) is 0 Å². The summed E-state index contributed by atoms with van der Waals surface area (Å²) in [5, 5.41) is 0. The van der Waals surface area contributed by atoms with Crippen LogP contribution in [-0.2, 0) is 5.41 Å². The highest BCUT2D eigenvalue weighted by molar-refractivity contribution is 7.99. The summed E-state index contributed by atoms with van der Waals surface area (Å²) >= 11 is 2.02. The average Bonchev–Trinajstić information content (AvgIpc) is 2.63. The predicted octanol–water partition coefficient (Wildman–Crippen LogP) is 4.13. The van der Waals surface area contributed by atoms with Gasteiger partial charge in [0.1, 0.15) is 6.10 Å². The monoisotopic (exact) mass is 335 g/mol. The zero-order chi connectivity index (χ0) is 16.1. The summed E-state index contributed by atoms with van der Waals surface area (Å²) in [5.41, 5.74) is 7.63. The third kappa shape index (κ3) is 3.80. The van der Waals surface area contributed by atoms with E-state index in [4.69, 9.17) is 15.2 Å². The lowest BCUT2D eigenvalue weighted by atomic mass is 9.69. The molecule has 2 N–H and O–H groups in total. The lowest BCUT2D eigenvalue weighted by Gasteiger charge is -2.37. The van der Waals surface area contributed by atoms with Crippen LogP contribution in [0.25, 0.3) is 0 Å². The summed E-state index contributed by atoms with van der Waals surface area (Å²) in [6.07, 6.45) is 8.84. The van der Waals surface area contributed by atoms with Gasteiger partial charge < -0.3 is 15.2 Å². The average molecular weight is 336 g/mol. The molecular formula is C19H29NO2S. The minimum absolute atomic E-state index is 0.130. The van der Waals surface area contributed by atoms with E-state index in [1.54, 1.807) is 7.11 Å². The molecule has 1 heterocycles. The van der Waals surface area contributed by atoms with Crippen LogP contribution in [-0.4, -0.2) is 31.3 Å². The molecule has 0 spiro atoms. The molecule has 4 heteroatoms. The Hall–Kier alpha value is -0.870. The Balaban J connectivity index is 1.80. The molecule has 3 nitrogen and oxygen atoms in total. The lowest BCUT2D eigenvalue weighted by Crippen LogP contribution is -2.37. The van der Waals surface area contributed by atoms with E-state index in [2.05, 4.69) is 18.2 Å². The number of hydrogen-bond acceptors (Lipinski definition) is 4. The maximum Gasteiger partial charge on any atom is 0.161 e. The Morgan fingerprint density at radius 2 is 1.87 bits per heavy atom. The number of hydrogen-bond donors (Lipinski definition) is 1. The number of methoxy groups -OCH3 is 1. The molecule has 0 amide bonds. The molecule has 0 radical (unpaired) electrons. The second kappa shape index (κ2) is 7.80. The first-order valence-corrected chi connectivity index (χ1v) is 10.1. The van der Waals surface area contributed by atoms with Crippen LogP contribution in [0.5, 0.6) is 11.5 Å². The molecule has 3 rings (SSSR count). The van der Waals surface area contributed by atoms with Gasteiger partial charge in [-0.05, 0) is 54.9 Å². The van der Waals surface area contributed by atoms with Crippen molar-refractivity contribution < 1.29 is 9.47 Å². The molecule has 1 saturated heterocycles. The van der Waals surface area contributed by atoms with Gasteiger partial charge in [-0.15, -0.1) is 0 Å². The zero-order valence-corrected chi connectivity index (χ0v) is 15.0. The van der Waals surface area contributed by atoms with Crippen molar-refractivity contribution in [3.63, 3.8) is 0 Å². The summed E-state index contributed by atoms with van der Waals surface area (Å²) in [6.45, 7) is 0.718. The van der Waals surface area contributed by atoms with E-state index in [1.165, 1.54) is 49.2 Å². The molecule has 128 valence electrons. The van der Waals surface area contributed by atoms with E-state index in [9.17, 15) is 0 Å². The topological polar surface area (TPSA) is 44.5 Å². The Kier molecular flexibility index (Phi) is 5.76. The molecule has 0 aromatic heterocycles. The fraction of sp³-hybridized carbons (Fsp3) is 0.684. The number of ether oxygens (including phenoxy) is 2. The van der Waals surface area contributed by atoms with Gasteiger partial charge in [-0.1, -0.05) is 25.3 Å². The van der Waals surface area contributed by atoms with Crippen molar-refractivity contribution in [2.45, 2.75) is 56.5 Å². The highest BCUT2D eigenvalue weighted by atomic mass is 32.2.